The van der Waals surface area contributed by atoms with Crippen LogP contribution in [0.2, 0.25) is 0 Å². The van der Waals surface area contributed by atoms with Gasteiger partial charge in [0.05, 0.1) is 12.0 Å². The Hall–Kier alpha value is -2.85. The number of fused-ring (bicyclic) bond motifs is 5. The molecule has 10 heteroatoms. The second-order valence-corrected chi connectivity index (χ2v) is 13.9. The zero-order chi connectivity index (χ0) is 29.1. The number of Topliss-reactive ketones (excluding diaryl/α,β-unsaturated/α-hetero) is 2. The molecule has 0 radical (unpaired) electrons. The fourth-order valence-corrected chi connectivity index (χ4v) is 9.13. The summed E-state index contributed by atoms with van der Waals surface area (Å²) in [6, 6.07) is 6.04. The highest BCUT2D eigenvalue weighted by Crippen LogP contribution is 2.67. The molecule has 0 spiro atoms. The largest absolute Gasteiger partial charge is 0.509 e. The summed E-state index contributed by atoms with van der Waals surface area (Å²) >= 11 is 0. The van der Waals surface area contributed by atoms with E-state index in [9.17, 15) is 27.6 Å². The number of ether oxygens (including phenoxy) is 2. The normalized spacial score (nSPS) is 35.2. The first-order valence-corrected chi connectivity index (χ1v) is 15.2. The van der Waals surface area contributed by atoms with E-state index in [1.165, 1.54) is 12.1 Å². The van der Waals surface area contributed by atoms with Crippen LogP contribution in [0.4, 0.5) is 4.79 Å². The number of rotatable bonds is 6. The minimum absolute atomic E-state index is 0.0108. The maximum absolute atomic E-state index is 14.0. The average Bonchev–Trinajstić information content (AvgIpc) is 3.19. The van der Waals surface area contributed by atoms with E-state index in [1.807, 2.05) is 6.92 Å². The van der Waals surface area contributed by atoms with Crippen LogP contribution in [0.5, 0.6) is 0 Å². The molecule has 9 nitrogen and oxygen atoms in total. The molecule has 4 aliphatic carbocycles. The van der Waals surface area contributed by atoms with Gasteiger partial charge in [-0.05, 0) is 74.5 Å². The van der Waals surface area contributed by atoms with Gasteiger partial charge in [-0.2, -0.15) is 8.42 Å². The monoisotopic (exact) mass is 572 g/mol. The van der Waals surface area contributed by atoms with Crippen LogP contribution in [-0.2, 0) is 38.2 Å². The van der Waals surface area contributed by atoms with E-state index >= 15 is 0 Å². The number of allylic oxidation sites excluding steroid dienone is 1. The van der Waals surface area contributed by atoms with E-state index in [0.29, 0.717) is 32.1 Å². The molecule has 1 aromatic rings. The molecule has 0 aromatic heterocycles. The molecule has 3 fully saturated rings. The number of carbonyl (C=O) groups is 4. The predicted octanol–water partition coefficient (Wildman–Crippen LogP) is 4.50. The first-order valence-electron chi connectivity index (χ1n) is 13.8. The Labute approximate surface area is 234 Å². The van der Waals surface area contributed by atoms with Crippen LogP contribution in [0.15, 0.2) is 40.8 Å². The second kappa shape index (κ2) is 9.91. The molecule has 0 saturated heterocycles. The van der Waals surface area contributed by atoms with Gasteiger partial charge in [-0.1, -0.05) is 37.1 Å². The topological polar surface area (TPSA) is 130 Å². The summed E-state index contributed by atoms with van der Waals surface area (Å²) in [4.78, 5) is 52.5. The van der Waals surface area contributed by atoms with Crippen molar-refractivity contribution < 1.29 is 41.3 Å². The molecule has 40 heavy (non-hydrogen) atoms. The van der Waals surface area contributed by atoms with Gasteiger partial charge >= 0.3 is 6.16 Å². The van der Waals surface area contributed by atoms with Crippen molar-refractivity contribution in [3.05, 3.63) is 41.5 Å². The first kappa shape index (κ1) is 28.7. The molecule has 4 aliphatic rings. The number of aryl methyl sites for hydroxylation is 1. The van der Waals surface area contributed by atoms with Gasteiger partial charge in [0.25, 0.3) is 10.1 Å². The minimum atomic E-state index is -4.26. The lowest BCUT2D eigenvalue weighted by Crippen LogP contribution is -2.62. The van der Waals surface area contributed by atoms with Gasteiger partial charge in [0, 0.05) is 24.2 Å². The number of ketones is 3. The summed E-state index contributed by atoms with van der Waals surface area (Å²) in [5, 5.41) is 0. The smallest absolute Gasteiger partial charge is 0.438 e. The van der Waals surface area contributed by atoms with E-state index < -0.39 is 45.1 Å². The van der Waals surface area contributed by atoms with Crippen LogP contribution in [0, 0.1) is 35.5 Å². The Morgan fingerprint density at radius 2 is 1.73 bits per heavy atom. The third-order valence-corrected chi connectivity index (χ3v) is 11.6. The highest BCUT2D eigenvalue weighted by Gasteiger charge is 2.71. The van der Waals surface area contributed by atoms with E-state index in [0.717, 1.165) is 18.2 Å². The molecular weight excluding hydrogens is 536 g/mol. The SMILES string of the molecule is COC(=O)O[C@]1(C(=O)COS(=O)(=O)c2ccc(C)cc2)CC[C@H]2[C@@H]3CCC4=CC(=O)CC[C@]4(C)[C@H]3C(=O)C[C@@]21C. The van der Waals surface area contributed by atoms with Gasteiger partial charge in [0.1, 0.15) is 12.4 Å². The molecule has 0 N–H and O–H groups in total. The second-order valence-electron chi connectivity index (χ2n) is 12.3. The molecule has 6 atom stereocenters. The molecule has 5 rings (SSSR count). The van der Waals surface area contributed by atoms with E-state index in [4.69, 9.17) is 13.7 Å². The molecule has 0 heterocycles. The minimum Gasteiger partial charge on any atom is -0.438 e. The fraction of sp³-hybridized carbons (Fsp3) is 0.600. The Balaban J connectivity index is 1.47. The summed E-state index contributed by atoms with van der Waals surface area (Å²) in [6.07, 6.45) is 3.68. The molecule has 0 aliphatic heterocycles. The summed E-state index contributed by atoms with van der Waals surface area (Å²) in [6.45, 7) is 4.85. The van der Waals surface area contributed by atoms with Crippen LogP contribution in [-0.4, -0.2) is 51.2 Å². The predicted molar refractivity (Wildman–Crippen MR) is 143 cm³/mol. The maximum Gasteiger partial charge on any atom is 0.509 e. The fourth-order valence-electron chi connectivity index (χ4n) is 8.26. The van der Waals surface area contributed by atoms with Gasteiger partial charge in [-0.15, -0.1) is 0 Å². The van der Waals surface area contributed by atoms with Crippen molar-refractivity contribution in [1.82, 2.24) is 0 Å². The van der Waals surface area contributed by atoms with Crippen LogP contribution in [0.3, 0.4) is 0 Å². The zero-order valence-electron chi connectivity index (χ0n) is 23.4. The van der Waals surface area contributed by atoms with Gasteiger partial charge in [0.2, 0.25) is 5.78 Å². The van der Waals surface area contributed by atoms with E-state index in [2.05, 4.69) is 6.92 Å². The Bertz CT molecular complexity index is 1390. The number of carbonyl (C=O) groups excluding carboxylic acids is 4. The molecule has 216 valence electrons. The van der Waals surface area contributed by atoms with Crippen molar-refractivity contribution in [2.75, 3.05) is 13.7 Å². The van der Waals surface area contributed by atoms with Gasteiger partial charge < -0.3 is 9.47 Å². The Morgan fingerprint density at radius 3 is 2.40 bits per heavy atom. The van der Waals surface area contributed by atoms with Crippen LogP contribution in [0.1, 0.15) is 64.4 Å². The van der Waals surface area contributed by atoms with Crippen LogP contribution in [0.25, 0.3) is 0 Å². The third kappa shape index (κ3) is 4.34. The number of hydrogen-bond donors (Lipinski definition) is 0. The van der Waals surface area contributed by atoms with Crippen molar-refractivity contribution >= 4 is 33.6 Å². The lowest BCUT2D eigenvalue weighted by atomic mass is 9.46. The summed E-state index contributed by atoms with van der Waals surface area (Å²) in [5.41, 5.74) is -1.38. The third-order valence-electron chi connectivity index (χ3n) is 10.3. The Morgan fingerprint density at radius 1 is 1.02 bits per heavy atom. The molecule has 0 amide bonds. The number of benzene rings is 1. The molecule has 1 aromatic carbocycles. The highest BCUT2D eigenvalue weighted by atomic mass is 32.2. The molecule has 3 saturated carbocycles. The quantitative estimate of drug-likeness (QED) is 0.357. The van der Waals surface area contributed by atoms with Crippen molar-refractivity contribution in [3.8, 4) is 0 Å². The number of methoxy groups -OCH3 is 1. The highest BCUT2D eigenvalue weighted by molar-refractivity contribution is 7.86. The first-order chi connectivity index (χ1) is 18.8. The maximum atomic E-state index is 14.0. The van der Waals surface area contributed by atoms with Crippen LogP contribution < -0.4 is 0 Å². The van der Waals surface area contributed by atoms with E-state index in [1.54, 1.807) is 25.1 Å². The van der Waals surface area contributed by atoms with Crippen molar-refractivity contribution in [2.24, 2.45) is 28.6 Å². The number of hydrogen-bond acceptors (Lipinski definition) is 9. The van der Waals surface area contributed by atoms with Crippen LogP contribution >= 0.6 is 0 Å². The average molecular weight is 573 g/mol. The summed E-state index contributed by atoms with van der Waals surface area (Å²) < 4.78 is 41.4. The lowest BCUT2D eigenvalue weighted by molar-refractivity contribution is -0.173. The summed E-state index contributed by atoms with van der Waals surface area (Å²) in [7, 11) is -3.13. The molecule has 0 unspecified atom stereocenters. The van der Waals surface area contributed by atoms with Crippen molar-refractivity contribution in [3.63, 3.8) is 0 Å². The van der Waals surface area contributed by atoms with Gasteiger partial charge in [-0.25, -0.2) is 4.79 Å². The van der Waals surface area contributed by atoms with Gasteiger partial charge in [-0.3, -0.25) is 18.6 Å². The zero-order valence-corrected chi connectivity index (χ0v) is 24.2. The van der Waals surface area contributed by atoms with Crippen molar-refractivity contribution in [2.45, 2.75) is 76.2 Å². The molecular formula is C30H36O9S. The Kier molecular flexibility index (Phi) is 7.10. The standard InChI is InChI=1S/C30H36O9S/c1-18-5-8-21(9-6-18)40(35,36)38-17-25(33)30(39-27(34)37-4)14-12-23-22-10-7-19-15-20(31)11-13-28(19,2)26(22)24(32)16-29(23,30)3/h5-6,8-9,15,22-23,26H,7,10-14,16-17H2,1-4H3/t22-,23-,26+,28-,29-,30-/m0/s1. The van der Waals surface area contributed by atoms with E-state index in [-0.39, 0.29) is 47.1 Å². The van der Waals surface area contributed by atoms with Crippen molar-refractivity contribution in [1.29, 1.82) is 0 Å². The lowest BCUT2D eigenvalue weighted by Gasteiger charge is -2.57. The van der Waals surface area contributed by atoms with Gasteiger partial charge in [0.15, 0.2) is 11.4 Å². The molecule has 0 bridgehead atoms. The summed E-state index contributed by atoms with van der Waals surface area (Å²) in [5.74, 6) is -1.12.